The number of carbonyl (C=O) groups excluding carboxylic acids is 2. The molecule has 0 aliphatic carbocycles. The molecule has 0 spiro atoms. The number of benzene rings is 2. The standard InChI is InChI=1S/C22H25N3O5S/c1-15-18(22(27)24-10-12-30-13-11-24)4-3-5-19(15)23-21(26)17-6-7-20-16(14-17)8-9-25(20)31(2,28)29/h3-7,14H,8-13H2,1-2H3,(H,23,26). The van der Waals surface area contributed by atoms with E-state index >= 15 is 0 Å². The van der Waals surface area contributed by atoms with Gasteiger partial charge in [0.2, 0.25) is 10.0 Å². The number of ether oxygens (including phenoxy) is 1. The number of carbonyl (C=O) groups is 2. The van der Waals surface area contributed by atoms with Crippen molar-refractivity contribution in [2.24, 2.45) is 0 Å². The maximum Gasteiger partial charge on any atom is 0.255 e. The fourth-order valence-corrected chi connectivity index (χ4v) is 4.95. The van der Waals surface area contributed by atoms with E-state index in [9.17, 15) is 18.0 Å². The summed E-state index contributed by atoms with van der Waals surface area (Å²) in [7, 11) is -3.34. The van der Waals surface area contributed by atoms with E-state index in [0.29, 0.717) is 67.3 Å². The largest absolute Gasteiger partial charge is 0.378 e. The fourth-order valence-electron chi connectivity index (χ4n) is 3.99. The number of amides is 2. The van der Waals surface area contributed by atoms with Gasteiger partial charge < -0.3 is 15.0 Å². The smallest absolute Gasteiger partial charge is 0.255 e. The highest BCUT2D eigenvalue weighted by atomic mass is 32.2. The van der Waals surface area contributed by atoms with Crippen LogP contribution < -0.4 is 9.62 Å². The third-order valence-corrected chi connectivity index (χ3v) is 6.89. The van der Waals surface area contributed by atoms with Gasteiger partial charge in [0.1, 0.15) is 0 Å². The Morgan fingerprint density at radius 2 is 1.81 bits per heavy atom. The van der Waals surface area contributed by atoms with Crippen LogP contribution in [-0.2, 0) is 21.2 Å². The van der Waals surface area contributed by atoms with Gasteiger partial charge in [-0.2, -0.15) is 0 Å². The van der Waals surface area contributed by atoms with Crippen LogP contribution >= 0.6 is 0 Å². The van der Waals surface area contributed by atoms with E-state index in [1.54, 1.807) is 41.3 Å². The summed E-state index contributed by atoms with van der Waals surface area (Å²) < 4.78 is 30.5. The molecule has 4 rings (SSSR count). The summed E-state index contributed by atoms with van der Waals surface area (Å²) in [5.74, 6) is -0.380. The van der Waals surface area contributed by atoms with Gasteiger partial charge in [0.05, 0.1) is 25.2 Å². The molecule has 2 heterocycles. The Balaban J connectivity index is 1.54. The van der Waals surface area contributed by atoms with Gasteiger partial charge in [-0.15, -0.1) is 0 Å². The second-order valence-corrected chi connectivity index (χ2v) is 9.67. The first-order valence-corrected chi connectivity index (χ1v) is 12.0. The lowest BCUT2D eigenvalue weighted by atomic mass is 10.0. The Morgan fingerprint density at radius 1 is 1.06 bits per heavy atom. The van der Waals surface area contributed by atoms with E-state index in [2.05, 4.69) is 5.32 Å². The van der Waals surface area contributed by atoms with Crippen molar-refractivity contribution >= 4 is 33.2 Å². The summed E-state index contributed by atoms with van der Waals surface area (Å²) in [5.41, 5.74) is 3.72. The number of nitrogens with one attached hydrogen (secondary N) is 1. The molecule has 0 unspecified atom stereocenters. The summed E-state index contributed by atoms with van der Waals surface area (Å²) in [4.78, 5) is 27.5. The molecule has 2 amide bonds. The topological polar surface area (TPSA) is 96.0 Å². The number of hydrogen-bond donors (Lipinski definition) is 1. The Bertz CT molecular complexity index is 1140. The first-order valence-electron chi connectivity index (χ1n) is 10.1. The van der Waals surface area contributed by atoms with Crippen LogP contribution in [0.15, 0.2) is 36.4 Å². The monoisotopic (exact) mass is 443 g/mol. The molecule has 1 N–H and O–H groups in total. The SMILES string of the molecule is Cc1c(NC(=O)c2ccc3c(c2)CCN3S(C)(=O)=O)cccc1C(=O)N1CCOCC1. The lowest BCUT2D eigenvalue weighted by molar-refractivity contribution is 0.0302. The minimum atomic E-state index is -3.34. The van der Waals surface area contributed by atoms with Gasteiger partial charge in [0.15, 0.2) is 0 Å². The molecule has 2 aliphatic rings. The van der Waals surface area contributed by atoms with E-state index in [4.69, 9.17) is 4.74 Å². The van der Waals surface area contributed by atoms with Crippen molar-refractivity contribution in [2.45, 2.75) is 13.3 Å². The average molecular weight is 444 g/mol. The van der Waals surface area contributed by atoms with Gasteiger partial charge in [-0.3, -0.25) is 13.9 Å². The molecule has 1 saturated heterocycles. The van der Waals surface area contributed by atoms with Gasteiger partial charge in [0.25, 0.3) is 11.8 Å². The van der Waals surface area contributed by atoms with E-state index < -0.39 is 10.0 Å². The van der Waals surface area contributed by atoms with E-state index in [0.717, 1.165) is 5.56 Å². The molecule has 9 heteroatoms. The molecule has 31 heavy (non-hydrogen) atoms. The molecule has 1 fully saturated rings. The third-order valence-electron chi connectivity index (χ3n) is 5.71. The molecule has 2 aliphatic heterocycles. The van der Waals surface area contributed by atoms with E-state index in [-0.39, 0.29) is 11.8 Å². The van der Waals surface area contributed by atoms with Crippen LogP contribution in [0.5, 0.6) is 0 Å². The van der Waals surface area contributed by atoms with Gasteiger partial charge >= 0.3 is 0 Å². The number of anilines is 2. The molecule has 0 aromatic heterocycles. The molecular weight excluding hydrogens is 418 g/mol. The molecule has 2 aromatic rings. The Labute approximate surface area is 181 Å². The van der Waals surface area contributed by atoms with Gasteiger partial charge in [-0.05, 0) is 54.8 Å². The maximum atomic E-state index is 12.9. The molecule has 2 aromatic carbocycles. The number of sulfonamides is 1. The summed E-state index contributed by atoms with van der Waals surface area (Å²) in [6, 6.07) is 10.3. The third kappa shape index (κ3) is 4.28. The van der Waals surface area contributed by atoms with E-state index in [1.807, 2.05) is 6.92 Å². The second-order valence-electron chi connectivity index (χ2n) is 7.77. The van der Waals surface area contributed by atoms with Crippen molar-refractivity contribution in [2.75, 3.05) is 48.7 Å². The van der Waals surface area contributed by atoms with Crippen molar-refractivity contribution in [3.05, 3.63) is 58.7 Å². The summed E-state index contributed by atoms with van der Waals surface area (Å²) in [5, 5.41) is 2.89. The fraction of sp³-hybridized carbons (Fsp3) is 0.364. The number of fused-ring (bicyclic) bond motifs is 1. The highest BCUT2D eigenvalue weighted by Gasteiger charge is 2.27. The highest BCUT2D eigenvalue weighted by molar-refractivity contribution is 7.92. The van der Waals surface area contributed by atoms with Gasteiger partial charge in [-0.25, -0.2) is 8.42 Å². The Hall–Kier alpha value is -2.91. The molecule has 164 valence electrons. The zero-order valence-corrected chi connectivity index (χ0v) is 18.4. The average Bonchev–Trinajstić information content (AvgIpc) is 3.19. The van der Waals surface area contributed by atoms with Crippen LogP contribution in [0.3, 0.4) is 0 Å². The van der Waals surface area contributed by atoms with Crippen molar-refractivity contribution in [1.82, 2.24) is 4.90 Å². The van der Waals surface area contributed by atoms with Crippen LogP contribution in [0.25, 0.3) is 0 Å². The van der Waals surface area contributed by atoms with Crippen molar-refractivity contribution in [3.8, 4) is 0 Å². The maximum absolute atomic E-state index is 12.9. The quantitative estimate of drug-likeness (QED) is 0.780. The molecule has 8 nitrogen and oxygen atoms in total. The first kappa shape index (κ1) is 21.3. The lowest BCUT2D eigenvalue weighted by Gasteiger charge is -2.27. The van der Waals surface area contributed by atoms with Crippen molar-refractivity contribution in [1.29, 1.82) is 0 Å². The minimum Gasteiger partial charge on any atom is -0.378 e. The molecule has 0 saturated carbocycles. The summed E-state index contributed by atoms with van der Waals surface area (Å²) in [6.07, 6.45) is 1.74. The molecule has 0 radical (unpaired) electrons. The molecular formula is C22H25N3O5S. The van der Waals surface area contributed by atoms with Crippen molar-refractivity contribution in [3.63, 3.8) is 0 Å². The molecule has 0 bridgehead atoms. The van der Waals surface area contributed by atoms with Crippen molar-refractivity contribution < 1.29 is 22.7 Å². The van der Waals surface area contributed by atoms with E-state index in [1.165, 1.54) is 10.6 Å². The normalized spacial score (nSPS) is 16.2. The van der Waals surface area contributed by atoms with Gasteiger partial charge in [0, 0.05) is 36.4 Å². The number of nitrogens with zero attached hydrogens (tertiary/aromatic N) is 2. The van der Waals surface area contributed by atoms with Crippen LogP contribution in [0.2, 0.25) is 0 Å². The zero-order chi connectivity index (χ0) is 22.2. The molecule has 0 atom stereocenters. The predicted molar refractivity (Wildman–Crippen MR) is 118 cm³/mol. The predicted octanol–water partition coefficient (Wildman–Crippen LogP) is 2.04. The number of morpholine rings is 1. The number of rotatable bonds is 4. The van der Waals surface area contributed by atoms with Gasteiger partial charge in [-0.1, -0.05) is 6.07 Å². The minimum absolute atomic E-state index is 0.0738. The lowest BCUT2D eigenvalue weighted by Crippen LogP contribution is -2.41. The van der Waals surface area contributed by atoms with Crippen LogP contribution in [0, 0.1) is 6.92 Å². The number of hydrogen-bond acceptors (Lipinski definition) is 5. The Kier molecular flexibility index (Phi) is 5.72. The van der Waals surface area contributed by atoms with Crippen LogP contribution in [0.4, 0.5) is 11.4 Å². The Morgan fingerprint density at radius 3 is 2.52 bits per heavy atom. The highest BCUT2D eigenvalue weighted by Crippen LogP contribution is 2.31. The zero-order valence-electron chi connectivity index (χ0n) is 17.6. The second kappa shape index (κ2) is 8.32. The summed E-state index contributed by atoms with van der Waals surface area (Å²) in [6.45, 7) is 4.34. The van der Waals surface area contributed by atoms with Crippen LogP contribution in [0.1, 0.15) is 31.8 Å². The van der Waals surface area contributed by atoms with Crippen LogP contribution in [-0.4, -0.2) is 64.2 Å². The summed E-state index contributed by atoms with van der Waals surface area (Å²) >= 11 is 0. The first-order chi connectivity index (χ1) is 14.8.